The van der Waals surface area contributed by atoms with Crippen LogP contribution < -0.4 is 5.32 Å². The van der Waals surface area contributed by atoms with Crippen molar-refractivity contribution in [3.63, 3.8) is 0 Å². The number of carbonyl (C=O) groups is 1. The Balaban J connectivity index is 1.63. The third kappa shape index (κ3) is 5.97. The molecule has 0 bridgehead atoms. The van der Waals surface area contributed by atoms with Crippen molar-refractivity contribution >= 4 is 11.8 Å². The molecule has 1 amide bonds. The fourth-order valence-corrected chi connectivity index (χ4v) is 3.68. The van der Waals surface area contributed by atoms with Crippen LogP contribution in [0.2, 0.25) is 0 Å². The predicted octanol–water partition coefficient (Wildman–Crippen LogP) is 5.09. The van der Waals surface area contributed by atoms with Gasteiger partial charge in [-0.2, -0.15) is 0 Å². The van der Waals surface area contributed by atoms with Crippen LogP contribution in [-0.4, -0.2) is 42.3 Å². The first-order valence-corrected chi connectivity index (χ1v) is 10.5. The minimum absolute atomic E-state index is 0.125. The Labute approximate surface area is 174 Å². The molecule has 2 aromatic rings. The molecule has 1 heterocycles. The normalized spacial score (nSPS) is 21.6. The molecule has 1 aliphatic heterocycles. The average Bonchev–Trinajstić information content (AvgIpc) is 2.75. The molecule has 5 heteroatoms. The topological polar surface area (TPSA) is 50.8 Å². The molecule has 1 aliphatic rings. The third-order valence-corrected chi connectivity index (χ3v) is 5.44. The van der Waals surface area contributed by atoms with E-state index in [0.717, 1.165) is 30.5 Å². The second-order valence-electron chi connectivity index (χ2n) is 7.83. The number of benzene rings is 2. The van der Waals surface area contributed by atoms with Crippen molar-refractivity contribution < 1.29 is 14.3 Å². The highest BCUT2D eigenvalue weighted by Gasteiger charge is 2.42. The summed E-state index contributed by atoms with van der Waals surface area (Å²) in [7, 11) is 0. The summed E-state index contributed by atoms with van der Waals surface area (Å²) >= 11 is 0. The summed E-state index contributed by atoms with van der Waals surface area (Å²) in [5, 5.41) is 3.61. The van der Waals surface area contributed by atoms with E-state index in [2.05, 4.69) is 31.3 Å². The smallest absolute Gasteiger partial charge is 0.410 e. The summed E-state index contributed by atoms with van der Waals surface area (Å²) in [4.78, 5) is 14.5. The van der Waals surface area contributed by atoms with E-state index < -0.39 is 5.60 Å². The number of nitrogens with one attached hydrogen (secondary N) is 1. The van der Waals surface area contributed by atoms with E-state index in [1.807, 2.05) is 48.5 Å². The summed E-state index contributed by atoms with van der Waals surface area (Å²) in [5.74, 6) is 0. The maximum atomic E-state index is 12.7. The number of carbonyl (C=O) groups excluding carboxylic acids is 1. The van der Waals surface area contributed by atoms with Crippen molar-refractivity contribution in [2.75, 3.05) is 25.0 Å². The second-order valence-corrected chi connectivity index (χ2v) is 7.83. The van der Waals surface area contributed by atoms with Gasteiger partial charge < -0.3 is 19.7 Å². The van der Waals surface area contributed by atoms with E-state index >= 15 is 0 Å². The number of nitrogens with zero attached hydrogens (tertiary/aromatic N) is 1. The summed E-state index contributed by atoms with van der Waals surface area (Å²) in [5.41, 5.74) is 1.58. The molecule has 0 saturated carbocycles. The van der Waals surface area contributed by atoms with E-state index in [9.17, 15) is 4.79 Å². The largest absolute Gasteiger partial charge is 0.445 e. The highest BCUT2D eigenvalue weighted by Crippen LogP contribution is 2.29. The van der Waals surface area contributed by atoms with E-state index in [1.54, 1.807) is 4.90 Å². The monoisotopic (exact) mass is 396 g/mol. The van der Waals surface area contributed by atoms with Gasteiger partial charge in [0.05, 0.1) is 12.6 Å². The van der Waals surface area contributed by atoms with Crippen LogP contribution in [0.4, 0.5) is 10.5 Å². The fourth-order valence-electron chi connectivity index (χ4n) is 3.68. The molecule has 0 aromatic heterocycles. The molecule has 1 N–H and O–H groups in total. The minimum atomic E-state index is -0.477. The molecule has 3 rings (SSSR count). The number of unbranched alkanes of at least 4 members (excludes halogenated alkanes) is 1. The minimum Gasteiger partial charge on any atom is -0.445 e. The number of piperidine rings is 1. The standard InChI is InChI=1S/C24H32N2O3/c1-3-4-17-29-24(2)19-26(23(27)28-18-20-11-7-5-8-12-20)16-15-22(24)25-21-13-9-6-10-14-21/h5-14,22,25H,3-4,15-19H2,1-2H3. The summed E-state index contributed by atoms with van der Waals surface area (Å²) in [6, 6.07) is 20.1. The van der Waals surface area contributed by atoms with Crippen molar-refractivity contribution in [1.29, 1.82) is 0 Å². The number of amides is 1. The molecule has 2 aromatic carbocycles. The number of ether oxygens (including phenoxy) is 2. The Morgan fingerprint density at radius 3 is 2.52 bits per heavy atom. The number of hydrogen-bond donors (Lipinski definition) is 1. The molecular formula is C24H32N2O3. The summed E-state index contributed by atoms with van der Waals surface area (Å²) in [6.45, 7) is 6.38. The van der Waals surface area contributed by atoms with Crippen LogP contribution in [-0.2, 0) is 16.1 Å². The van der Waals surface area contributed by atoms with Gasteiger partial charge in [0.2, 0.25) is 0 Å². The van der Waals surface area contributed by atoms with Crippen LogP contribution in [0.1, 0.15) is 38.7 Å². The lowest BCUT2D eigenvalue weighted by Crippen LogP contribution is -2.60. The maximum absolute atomic E-state index is 12.7. The van der Waals surface area contributed by atoms with Crippen molar-refractivity contribution in [2.24, 2.45) is 0 Å². The van der Waals surface area contributed by atoms with Gasteiger partial charge in [-0.3, -0.25) is 0 Å². The molecule has 2 unspecified atom stereocenters. The van der Waals surface area contributed by atoms with Crippen molar-refractivity contribution in [2.45, 2.75) is 51.4 Å². The first-order valence-electron chi connectivity index (χ1n) is 10.5. The van der Waals surface area contributed by atoms with Gasteiger partial charge >= 0.3 is 6.09 Å². The number of para-hydroxylation sites is 1. The Kier molecular flexibility index (Phi) is 7.53. The quantitative estimate of drug-likeness (QED) is 0.632. The van der Waals surface area contributed by atoms with Crippen molar-refractivity contribution in [3.05, 3.63) is 66.2 Å². The van der Waals surface area contributed by atoms with E-state index in [0.29, 0.717) is 19.7 Å². The molecule has 5 nitrogen and oxygen atoms in total. The highest BCUT2D eigenvalue weighted by atomic mass is 16.6. The van der Waals surface area contributed by atoms with E-state index in [-0.39, 0.29) is 18.7 Å². The van der Waals surface area contributed by atoms with E-state index in [4.69, 9.17) is 9.47 Å². The zero-order valence-corrected chi connectivity index (χ0v) is 17.5. The fraction of sp³-hybridized carbons (Fsp3) is 0.458. The third-order valence-electron chi connectivity index (χ3n) is 5.44. The van der Waals surface area contributed by atoms with Gasteiger partial charge in [-0.05, 0) is 37.5 Å². The van der Waals surface area contributed by atoms with Gasteiger partial charge in [-0.1, -0.05) is 61.9 Å². The summed E-state index contributed by atoms with van der Waals surface area (Å²) in [6.07, 6.45) is 2.61. The number of likely N-dealkylation sites (tertiary alicyclic amines) is 1. The molecular weight excluding hydrogens is 364 g/mol. The predicted molar refractivity (Wildman–Crippen MR) is 116 cm³/mol. The zero-order valence-electron chi connectivity index (χ0n) is 17.5. The molecule has 0 aliphatic carbocycles. The van der Waals surface area contributed by atoms with Gasteiger partial charge in [-0.25, -0.2) is 4.79 Å². The molecule has 156 valence electrons. The second kappa shape index (κ2) is 10.3. The van der Waals surface area contributed by atoms with Crippen LogP contribution in [0.3, 0.4) is 0 Å². The SMILES string of the molecule is CCCCOC1(C)CN(C(=O)OCc2ccccc2)CCC1Nc1ccccc1. The molecule has 1 saturated heterocycles. The maximum Gasteiger partial charge on any atom is 0.410 e. The van der Waals surface area contributed by atoms with E-state index in [1.165, 1.54) is 0 Å². The first kappa shape index (κ1) is 21.2. The average molecular weight is 397 g/mol. The molecule has 2 atom stereocenters. The van der Waals surface area contributed by atoms with Gasteiger partial charge in [0.1, 0.15) is 12.2 Å². The van der Waals surface area contributed by atoms with Crippen molar-refractivity contribution in [1.82, 2.24) is 4.90 Å². The number of hydrogen-bond acceptors (Lipinski definition) is 4. The summed E-state index contributed by atoms with van der Waals surface area (Å²) < 4.78 is 11.9. The van der Waals surface area contributed by atoms with Crippen LogP contribution in [0.5, 0.6) is 0 Å². The van der Waals surface area contributed by atoms with Gasteiger partial charge in [0, 0.05) is 18.8 Å². The first-order chi connectivity index (χ1) is 14.1. The van der Waals surface area contributed by atoms with Gasteiger partial charge in [0.25, 0.3) is 0 Å². The lowest BCUT2D eigenvalue weighted by molar-refractivity contribution is -0.0829. The van der Waals surface area contributed by atoms with Crippen LogP contribution in [0.25, 0.3) is 0 Å². The molecule has 0 radical (unpaired) electrons. The lowest BCUT2D eigenvalue weighted by atomic mass is 9.88. The Morgan fingerprint density at radius 2 is 1.83 bits per heavy atom. The Hall–Kier alpha value is -2.53. The van der Waals surface area contributed by atoms with Crippen LogP contribution >= 0.6 is 0 Å². The van der Waals surface area contributed by atoms with Crippen LogP contribution in [0, 0.1) is 0 Å². The van der Waals surface area contributed by atoms with Gasteiger partial charge in [-0.15, -0.1) is 0 Å². The van der Waals surface area contributed by atoms with Crippen molar-refractivity contribution in [3.8, 4) is 0 Å². The number of rotatable bonds is 8. The Morgan fingerprint density at radius 1 is 1.14 bits per heavy atom. The van der Waals surface area contributed by atoms with Gasteiger partial charge in [0.15, 0.2) is 0 Å². The lowest BCUT2D eigenvalue weighted by Gasteiger charge is -2.46. The highest BCUT2D eigenvalue weighted by molar-refractivity contribution is 5.68. The zero-order chi connectivity index (χ0) is 20.5. The van der Waals surface area contributed by atoms with Crippen LogP contribution in [0.15, 0.2) is 60.7 Å². The molecule has 29 heavy (non-hydrogen) atoms. The Bertz CT molecular complexity index is 753. The number of anilines is 1. The molecule has 1 fully saturated rings. The molecule has 0 spiro atoms.